The third-order valence-corrected chi connectivity index (χ3v) is 4.73. The number of nitrogens with zero attached hydrogens (tertiary/aromatic N) is 3. The number of oxazole rings is 1. The van der Waals surface area contributed by atoms with Gasteiger partial charge in [-0.25, -0.2) is 9.48 Å². The summed E-state index contributed by atoms with van der Waals surface area (Å²) in [6.07, 6.45) is 5.87. The second-order valence-electron chi connectivity index (χ2n) is 6.65. The first-order valence-electron chi connectivity index (χ1n) is 9.37. The van der Waals surface area contributed by atoms with Gasteiger partial charge in [-0.15, -0.1) is 0 Å². The number of rotatable bonds is 6. The molecule has 0 aliphatic rings. The Morgan fingerprint density at radius 2 is 2.04 bits per heavy atom. The average Bonchev–Trinajstić information content (AvgIpc) is 3.17. The van der Waals surface area contributed by atoms with E-state index in [1.54, 1.807) is 7.05 Å². The number of hydrogen-bond donors (Lipinski definition) is 1. The van der Waals surface area contributed by atoms with Gasteiger partial charge in [0.2, 0.25) is 0 Å². The molecule has 0 bridgehead atoms. The summed E-state index contributed by atoms with van der Waals surface area (Å²) in [5.41, 5.74) is 4.20. The SMILES string of the molecule is C=c1/c(=C\C(=C/CCC)c2nn(-c3ccccc3)c(NC)c2C)oc(=O)n1C. The third kappa shape index (κ3) is 3.58. The van der Waals surface area contributed by atoms with Crippen LogP contribution in [0.1, 0.15) is 31.0 Å². The highest BCUT2D eigenvalue weighted by molar-refractivity contribution is 5.89. The normalized spacial score (nSPS) is 12.6. The molecule has 0 saturated carbocycles. The fraction of sp³-hybridized carbons (Fsp3) is 0.273. The van der Waals surface area contributed by atoms with Gasteiger partial charge in [-0.05, 0) is 31.6 Å². The number of benzene rings is 1. The molecule has 0 fully saturated rings. The molecule has 6 nitrogen and oxygen atoms in total. The predicted molar refractivity (Wildman–Crippen MR) is 114 cm³/mol. The minimum absolute atomic E-state index is 0.423. The van der Waals surface area contributed by atoms with Crippen molar-refractivity contribution in [1.82, 2.24) is 14.3 Å². The summed E-state index contributed by atoms with van der Waals surface area (Å²) in [6.45, 7) is 8.11. The lowest BCUT2D eigenvalue weighted by atomic mass is 10.1. The van der Waals surface area contributed by atoms with Crippen molar-refractivity contribution in [3.63, 3.8) is 0 Å². The van der Waals surface area contributed by atoms with Crippen LogP contribution in [-0.2, 0) is 7.05 Å². The monoisotopic (exact) mass is 378 g/mol. The lowest BCUT2D eigenvalue weighted by Crippen LogP contribution is -2.28. The van der Waals surface area contributed by atoms with Crippen LogP contribution in [0.2, 0.25) is 0 Å². The Hall–Kier alpha value is -3.28. The van der Waals surface area contributed by atoms with Crippen molar-refractivity contribution in [2.75, 3.05) is 12.4 Å². The molecular weight excluding hydrogens is 352 g/mol. The molecule has 0 atom stereocenters. The van der Waals surface area contributed by atoms with E-state index in [0.29, 0.717) is 10.8 Å². The molecule has 28 heavy (non-hydrogen) atoms. The molecule has 1 N–H and O–H groups in total. The van der Waals surface area contributed by atoms with Crippen molar-refractivity contribution in [2.24, 2.45) is 7.05 Å². The summed E-state index contributed by atoms with van der Waals surface area (Å²) >= 11 is 0. The van der Waals surface area contributed by atoms with Gasteiger partial charge in [-0.3, -0.25) is 4.57 Å². The molecule has 0 unspecified atom stereocenters. The zero-order valence-corrected chi connectivity index (χ0v) is 16.8. The molecule has 0 spiro atoms. The molecule has 2 heterocycles. The van der Waals surface area contributed by atoms with Crippen molar-refractivity contribution in [3.05, 3.63) is 69.0 Å². The first-order valence-corrected chi connectivity index (χ1v) is 9.37. The van der Waals surface area contributed by atoms with E-state index in [-0.39, 0.29) is 0 Å². The van der Waals surface area contributed by atoms with Gasteiger partial charge in [0, 0.05) is 25.2 Å². The molecule has 0 radical (unpaired) electrons. The van der Waals surface area contributed by atoms with Gasteiger partial charge in [-0.1, -0.05) is 44.2 Å². The maximum Gasteiger partial charge on any atom is 0.419 e. The number of allylic oxidation sites excluding steroid dienone is 2. The summed E-state index contributed by atoms with van der Waals surface area (Å²) in [7, 11) is 3.53. The molecule has 2 aromatic heterocycles. The van der Waals surface area contributed by atoms with Crippen molar-refractivity contribution >= 4 is 24.0 Å². The fourth-order valence-corrected chi connectivity index (χ4v) is 3.09. The van der Waals surface area contributed by atoms with Gasteiger partial charge in [0.1, 0.15) is 5.82 Å². The van der Waals surface area contributed by atoms with Crippen LogP contribution < -0.4 is 21.8 Å². The van der Waals surface area contributed by atoms with Crippen LogP contribution in [0.5, 0.6) is 0 Å². The Morgan fingerprint density at radius 3 is 2.61 bits per heavy atom. The van der Waals surface area contributed by atoms with Crippen LogP contribution in [-0.4, -0.2) is 21.4 Å². The Morgan fingerprint density at radius 1 is 1.32 bits per heavy atom. The van der Waals surface area contributed by atoms with E-state index in [1.165, 1.54) is 4.57 Å². The second kappa shape index (κ2) is 8.17. The number of para-hydroxylation sites is 1. The molecule has 146 valence electrons. The molecule has 3 rings (SSSR count). The van der Waals surface area contributed by atoms with Gasteiger partial charge in [0.05, 0.1) is 16.7 Å². The van der Waals surface area contributed by atoms with Crippen molar-refractivity contribution in [2.45, 2.75) is 26.7 Å². The van der Waals surface area contributed by atoms with E-state index < -0.39 is 5.76 Å². The highest BCUT2D eigenvalue weighted by atomic mass is 16.4. The van der Waals surface area contributed by atoms with Crippen LogP contribution in [0.4, 0.5) is 5.82 Å². The van der Waals surface area contributed by atoms with Crippen LogP contribution in [0, 0.1) is 6.92 Å². The molecule has 0 aliphatic heterocycles. The van der Waals surface area contributed by atoms with Crippen molar-refractivity contribution in [3.8, 4) is 5.69 Å². The van der Waals surface area contributed by atoms with Gasteiger partial charge in [0.15, 0.2) is 5.42 Å². The largest absolute Gasteiger partial charge is 0.419 e. The summed E-state index contributed by atoms with van der Waals surface area (Å²) < 4.78 is 8.66. The lowest BCUT2D eigenvalue weighted by Gasteiger charge is -2.06. The van der Waals surface area contributed by atoms with E-state index in [0.717, 1.165) is 41.2 Å². The zero-order valence-electron chi connectivity index (χ0n) is 16.8. The minimum Gasteiger partial charge on any atom is -0.408 e. The molecule has 0 aliphatic carbocycles. The Bertz CT molecular complexity index is 1160. The minimum atomic E-state index is -0.423. The van der Waals surface area contributed by atoms with Crippen LogP contribution >= 0.6 is 0 Å². The Labute approximate surface area is 164 Å². The summed E-state index contributed by atoms with van der Waals surface area (Å²) in [4.78, 5) is 11.8. The number of aromatic nitrogens is 3. The van der Waals surface area contributed by atoms with Gasteiger partial charge < -0.3 is 9.73 Å². The fourth-order valence-electron chi connectivity index (χ4n) is 3.09. The Balaban J connectivity index is 2.22. The lowest BCUT2D eigenvalue weighted by molar-refractivity contribution is 0.470. The number of anilines is 1. The molecule has 3 aromatic rings. The molecule has 0 amide bonds. The first kappa shape index (κ1) is 19.5. The number of nitrogens with one attached hydrogen (secondary N) is 1. The van der Waals surface area contributed by atoms with Crippen LogP contribution in [0.3, 0.4) is 0 Å². The predicted octanol–water partition coefficient (Wildman–Crippen LogP) is 2.59. The van der Waals surface area contributed by atoms with E-state index >= 15 is 0 Å². The Kier molecular flexibility index (Phi) is 5.68. The van der Waals surface area contributed by atoms with Gasteiger partial charge in [0.25, 0.3) is 0 Å². The highest BCUT2D eigenvalue weighted by Crippen LogP contribution is 2.28. The number of hydrogen-bond acceptors (Lipinski definition) is 4. The highest BCUT2D eigenvalue weighted by Gasteiger charge is 2.17. The van der Waals surface area contributed by atoms with Crippen molar-refractivity contribution < 1.29 is 4.42 Å². The second-order valence-corrected chi connectivity index (χ2v) is 6.65. The quantitative estimate of drug-likeness (QED) is 0.716. The first-order chi connectivity index (χ1) is 13.5. The topological polar surface area (TPSA) is 65.0 Å². The summed E-state index contributed by atoms with van der Waals surface area (Å²) in [6, 6.07) is 9.98. The van der Waals surface area contributed by atoms with Crippen LogP contribution in [0.15, 0.2) is 45.6 Å². The van der Waals surface area contributed by atoms with E-state index in [2.05, 4.69) is 24.9 Å². The van der Waals surface area contributed by atoms with Crippen molar-refractivity contribution in [1.29, 1.82) is 0 Å². The van der Waals surface area contributed by atoms with E-state index in [4.69, 9.17) is 9.52 Å². The van der Waals surface area contributed by atoms with Crippen LogP contribution in [0.25, 0.3) is 23.9 Å². The smallest absolute Gasteiger partial charge is 0.408 e. The summed E-state index contributed by atoms with van der Waals surface area (Å²) in [5, 5.41) is 8.66. The molecule has 0 saturated heterocycles. The zero-order chi connectivity index (χ0) is 20.3. The molecule has 1 aromatic carbocycles. The van der Waals surface area contributed by atoms with Gasteiger partial charge >= 0.3 is 5.76 Å². The maximum absolute atomic E-state index is 11.8. The van der Waals surface area contributed by atoms with E-state index in [1.807, 2.05) is 55.1 Å². The van der Waals surface area contributed by atoms with E-state index in [9.17, 15) is 4.79 Å². The summed E-state index contributed by atoms with van der Waals surface area (Å²) in [5.74, 6) is 0.495. The molecule has 6 heteroatoms. The molecular formula is C22H26N4O2. The third-order valence-electron chi connectivity index (χ3n) is 4.73. The average molecular weight is 378 g/mol. The van der Waals surface area contributed by atoms with Gasteiger partial charge in [-0.2, -0.15) is 5.10 Å². The standard InChI is InChI=1S/C22H26N4O2/c1-6-7-11-17(14-19-16(3)25(5)22(27)28-19)20-15(2)21(23-4)26(24-20)18-12-9-8-10-13-18/h8-14,23H,3,6-7H2,1-2,4-5H3/b17-11+,19-14+. The maximum atomic E-state index is 11.8. The number of unbranched alkanes of at least 4 members (excludes halogenated alkanes) is 1.